The molecule has 1 saturated heterocycles. The highest BCUT2D eigenvalue weighted by Gasteiger charge is 2.13. The SMILES string of the molecule is CNC1CCN(C)CC1.F.[HH]. The third kappa shape index (κ3) is 2.62. The van der Waals surface area contributed by atoms with E-state index < -0.39 is 0 Å². The summed E-state index contributed by atoms with van der Waals surface area (Å²) in [6, 6.07) is 0.779. The Balaban J connectivity index is 0. The van der Waals surface area contributed by atoms with Crippen molar-refractivity contribution < 1.29 is 6.13 Å². The van der Waals surface area contributed by atoms with Gasteiger partial charge in [-0.15, -0.1) is 0 Å². The number of likely N-dealkylation sites (tertiary alicyclic amines) is 1. The summed E-state index contributed by atoms with van der Waals surface area (Å²) in [7, 11) is 4.24. The lowest BCUT2D eigenvalue weighted by molar-refractivity contribution is 0.240. The van der Waals surface area contributed by atoms with Crippen molar-refractivity contribution in [1.29, 1.82) is 0 Å². The van der Waals surface area contributed by atoms with Crippen LogP contribution in [-0.2, 0) is 0 Å². The van der Waals surface area contributed by atoms with Crippen LogP contribution in [0.5, 0.6) is 0 Å². The predicted octanol–water partition coefficient (Wildman–Crippen LogP) is 0.698. The average molecular weight is 150 g/mol. The molecule has 0 spiro atoms. The first-order chi connectivity index (χ1) is 4.33. The molecule has 0 unspecified atom stereocenters. The number of rotatable bonds is 1. The first kappa shape index (κ1) is 9.85. The molecule has 64 valence electrons. The van der Waals surface area contributed by atoms with Crippen molar-refractivity contribution in [2.45, 2.75) is 18.9 Å². The minimum Gasteiger partial charge on any atom is -0.317 e. The maximum Gasteiger partial charge on any atom is 0.00884 e. The van der Waals surface area contributed by atoms with E-state index in [1.165, 1.54) is 25.9 Å². The number of halogens is 1. The summed E-state index contributed by atoms with van der Waals surface area (Å²) in [5, 5.41) is 3.30. The van der Waals surface area contributed by atoms with Gasteiger partial charge < -0.3 is 10.2 Å². The Bertz CT molecular complexity index is 84.5. The standard InChI is InChI=1S/C7H16N2.FH.H2/c1-8-7-3-5-9(2)6-4-7;;/h7-8H,3-6H2,1-2H3;2*1H. The predicted molar refractivity (Wildman–Crippen MR) is 44.2 cm³/mol. The molecule has 1 rings (SSSR count). The highest BCUT2D eigenvalue weighted by molar-refractivity contribution is 4.73. The van der Waals surface area contributed by atoms with Gasteiger partial charge in [0, 0.05) is 7.47 Å². The Labute approximate surface area is 63.4 Å². The monoisotopic (exact) mass is 150 g/mol. The molecule has 1 fully saturated rings. The van der Waals surface area contributed by atoms with Crippen LogP contribution >= 0.6 is 0 Å². The fraction of sp³-hybridized carbons (Fsp3) is 1.00. The molecule has 1 aliphatic heterocycles. The van der Waals surface area contributed by atoms with Gasteiger partial charge in [0.2, 0.25) is 0 Å². The van der Waals surface area contributed by atoms with Crippen LogP contribution in [0.2, 0.25) is 0 Å². The van der Waals surface area contributed by atoms with Crippen LogP contribution in [0.25, 0.3) is 0 Å². The van der Waals surface area contributed by atoms with Crippen molar-refractivity contribution in [3.05, 3.63) is 0 Å². The maximum atomic E-state index is 3.30. The number of hydrogen-bond acceptors (Lipinski definition) is 2. The summed E-state index contributed by atoms with van der Waals surface area (Å²) in [5.41, 5.74) is 0. The first-order valence-electron chi connectivity index (χ1n) is 3.68. The summed E-state index contributed by atoms with van der Waals surface area (Å²) in [6.07, 6.45) is 2.62. The van der Waals surface area contributed by atoms with Gasteiger partial charge >= 0.3 is 0 Å². The van der Waals surface area contributed by atoms with Crippen LogP contribution in [0.15, 0.2) is 0 Å². The van der Waals surface area contributed by atoms with Gasteiger partial charge in [-0.05, 0) is 40.0 Å². The average Bonchev–Trinajstić information content (AvgIpc) is 1.90. The molecule has 10 heavy (non-hydrogen) atoms. The van der Waals surface area contributed by atoms with Gasteiger partial charge in [-0.1, -0.05) is 0 Å². The molecule has 3 heteroatoms. The van der Waals surface area contributed by atoms with Crippen molar-refractivity contribution in [2.75, 3.05) is 27.2 Å². The van der Waals surface area contributed by atoms with E-state index in [-0.39, 0.29) is 6.13 Å². The van der Waals surface area contributed by atoms with Crippen molar-refractivity contribution in [3.8, 4) is 0 Å². The lowest BCUT2D eigenvalue weighted by Gasteiger charge is -2.28. The Morgan fingerprint density at radius 2 is 1.90 bits per heavy atom. The molecule has 2 nitrogen and oxygen atoms in total. The van der Waals surface area contributed by atoms with E-state index >= 15 is 0 Å². The smallest absolute Gasteiger partial charge is 0.00884 e. The van der Waals surface area contributed by atoms with Crippen LogP contribution < -0.4 is 5.32 Å². The lowest BCUT2D eigenvalue weighted by Crippen LogP contribution is -2.39. The van der Waals surface area contributed by atoms with E-state index in [1.54, 1.807) is 0 Å². The maximum absolute atomic E-state index is 3.30. The number of piperidine rings is 1. The molecule has 0 atom stereocenters. The molecular formula is C7H19FN2. The van der Waals surface area contributed by atoms with Crippen LogP contribution in [0.1, 0.15) is 14.3 Å². The Kier molecular flexibility index (Phi) is 4.56. The van der Waals surface area contributed by atoms with E-state index in [2.05, 4.69) is 24.3 Å². The zero-order valence-corrected chi connectivity index (χ0v) is 6.76. The Hall–Kier alpha value is -0.150. The van der Waals surface area contributed by atoms with Gasteiger partial charge in [-0.3, -0.25) is 4.70 Å². The van der Waals surface area contributed by atoms with Gasteiger partial charge in [0.15, 0.2) is 0 Å². The fourth-order valence-corrected chi connectivity index (χ4v) is 1.30. The first-order valence-corrected chi connectivity index (χ1v) is 3.68. The highest BCUT2D eigenvalue weighted by atomic mass is 19.0. The van der Waals surface area contributed by atoms with Crippen LogP contribution in [0.4, 0.5) is 4.70 Å². The normalized spacial score (nSPS) is 22.2. The van der Waals surface area contributed by atoms with Crippen LogP contribution in [0.3, 0.4) is 0 Å². The summed E-state index contributed by atoms with van der Waals surface area (Å²) in [4.78, 5) is 2.38. The molecule has 0 aliphatic carbocycles. The van der Waals surface area contributed by atoms with Gasteiger partial charge in [-0.2, -0.15) is 0 Å². The van der Waals surface area contributed by atoms with Gasteiger partial charge in [0.25, 0.3) is 0 Å². The second kappa shape index (κ2) is 4.63. The molecule has 1 heterocycles. The van der Waals surface area contributed by atoms with E-state index in [1.807, 2.05) is 0 Å². The zero-order valence-electron chi connectivity index (χ0n) is 6.76. The third-order valence-corrected chi connectivity index (χ3v) is 2.13. The van der Waals surface area contributed by atoms with E-state index in [4.69, 9.17) is 0 Å². The molecule has 1 aliphatic rings. The van der Waals surface area contributed by atoms with Crippen molar-refractivity contribution in [1.82, 2.24) is 10.2 Å². The Morgan fingerprint density at radius 3 is 2.30 bits per heavy atom. The minimum absolute atomic E-state index is 0. The van der Waals surface area contributed by atoms with Crippen molar-refractivity contribution >= 4 is 0 Å². The second-order valence-corrected chi connectivity index (χ2v) is 2.87. The van der Waals surface area contributed by atoms with Gasteiger partial charge in [0.05, 0.1) is 0 Å². The molecule has 0 bridgehead atoms. The topological polar surface area (TPSA) is 15.3 Å². The molecule has 0 radical (unpaired) electrons. The summed E-state index contributed by atoms with van der Waals surface area (Å²) < 4.78 is 0. The summed E-state index contributed by atoms with van der Waals surface area (Å²) in [6.45, 7) is 2.51. The van der Waals surface area contributed by atoms with E-state index in [0.29, 0.717) is 0 Å². The van der Waals surface area contributed by atoms with Gasteiger partial charge in [0.1, 0.15) is 0 Å². The number of hydrogen-bond donors (Lipinski definition) is 1. The molecule has 0 aromatic heterocycles. The quantitative estimate of drug-likeness (QED) is 0.592. The fourth-order valence-electron chi connectivity index (χ4n) is 1.30. The number of nitrogens with one attached hydrogen (secondary N) is 1. The Morgan fingerprint density at radius 1 is 1.40 bits per heavy atom. The van der Waals surface area contributed by atoms with Crippen LogP contribution in [-0.4, -0.2) is 38.1 Å². The minimum atomic E-state index is 0. The highest BCUT2D eigenvalue weighted by Crippen LogP contribution is 2.06. The third-order valence-electron chi connectivity index (χ3n) is 2.13. The van der Waals surface area contributed by atoms with Crippen molar-refractivity contribution in [2.24, 2.45) is 0 Å². The molecule has 0 amide bonds. The van der Waals surface area contributed by atoms with Crippen molar-refractivity contribution in [3.63, 3.8) is 0 Å². The second-order valence-electron chi connectivity index (χ2n) is 2.87. The molecule has 0 aromatic carbocycles. The summed E-state index contributed by atoms with van der Waals surface area (Å²) >= 11 is 0. The van der Waals surface area contributed by atoms with E-state index in [9.17, 15) is 0 Å². The molecule has 1 N–H and O–H groups in total. The molecule has 0 saturated carbocycles. The van der Waals surface area contributed by atoms with E-state index in [0.717, 1.165) is 6.04 Å². The van der Waals surface area contributed by atoms with Gasteiger partial charge in [-0.25, -0.2) is 0 Å². The zero-order chi connectivity index (χ0) is 6.69. The largest absolute Gasteiger partial charge is 0.317 e. The van der Waals surface area contributed by atoms with Crippen LogP contribution in [0, 0.1) is 0 Å². The lowest BCUT2D eigenvalue weighted by atomic mass is 10.1. The molecule has 0 aromatic rings. The summed E-state index contributed by atoms with van der Waals surface area (Å²) in [5.74, 6) is 0. The number of nitrogens with zero attached hydrogens (tertiary/aromatic N) is 1. The molecular weight excluding hydrogens is 131 g/mol.